The molecule has 0 spiro atoms. The summed E-state index contributed by atoms with van der Waals surface area (Å²) in [6.45, 7) is 23.9. The zero-order chi connectivity index (χ0) is 22.6. The summed E-state index contributed by atoms with van der Waals surface area (Å²) < 4.78 is 10.4. The smallest absolute Gasteiger partial charge is 0.410 e. The van der Waals surface area contributed by atoms with Crippen LogP contribution in [0.2, 0.25) is 0 Å². The van der Waals surface area contributed by atoms with Gasteiger partial charge >= 0.3 is 12.2 Å². The van der Waals surface area contributed by atoms with Crippen molar-refractivity contribution >= 4 is 12.2 Å². The molecule has 0 aliphatic heterocycles. The van der Waals surface area contributed by atoms with Gasteiger partial charge in [0.05, 0.1) is 13.2 Å². The van der Waals surface area contributed by atoms with E-state index >= 15 is 0 Å². The molecule has 0 radical (unpaired) electrons. The van der Waals surface area contributed by atoms with E-state index in [1.54, 1.807) is 16.7 Å². The molecule has 29 heavy (non-hydrogen) atoms. The van der Waals surface area contributed by atoms with E-state index in [0.717, 1.165) is 30.4 Å². The summed E-state index contributed by atoms with van der Waals surface area (Å²) in [5, 5.41) is 0. The number of hydrogen-bond acceptors (Lipinski definition) is 4. The molecule has 6 nitrogen and oxygen atoms in total. The van der Waals surface area contributed by atoms with Crippen LogP contribution in [0.4, 0.5) is 9.59 Å². The SMILES string of the molecule is C=C(C)CN(CCCCC(C)C(C)(C)N(CC(=C)C)C(=O)OCC)C(=O)OCC. The van der Waals surface area contributed by atoms with Crippen LogP contribution in [0.1, 0.15) is 67.7 Å². The molecular formula is C23H42N2O4. The molecule has 0 saturated carbocycles. The summed E-state index contributed by atoms with van der Waals surface area (Å²) in [4.78, 5) is 28.1. The van der Waals surface area contributed by atoms with E-state index in [4.69, 9.17) is 9.47 Å². The summed E-state index contributed by atoms with van der Waals surface area (Å²) >= 11 is 0. The third kappa shape index (κ3) is 9.86. The molecule has 0 aromatic heterocycles. The number of nitrogens with zero attached hydrogens (tertiary/aromatic N) is 2. The van der Waals surface area contributed by atoms with Gasteiger partial charge in [0.2, 0.25) is 0 Å². The minimum Gasteiger partial charge on any atom is -0.450 e. The molecule has 0 bridgehead atoms. The lowest BCUT2D eigenvalue weighted by Gasteiger charge is -2.42. The van der Waals surface area contributed by atoms with Crippen molar-refractivity contribution < 1.29 is 19.1 Å². The molecule has 2 amide bonds. The molecule has 1 unspecified atom stereocenters. The van der Waals surface area contributed by atoms with Gasteiger partial charge in [-0.1, -0.05) is 37.6 Å². The molecule has 0 heterocycles. The second-order valence-corrected chi connectivity index (χ2v) is 8.37. The van der Waals surface area contributed by atoms with Gasteiger partial charge in [0, 0.05) is 25.2 Å². The number of rotatable bonds is 13. The fraction of sp³-hybridized carbons (Fsp3) is 0.739. The first-order valence-corrected chi connectivity index (χ1v) is 10.6. The molecule has 0 saturated heterocycles. The van der Waals surface area contributed by atoms with Crippen molar-refractivity contribution in [3.05, 3.63) is 24.3 Å². The highest BCUT2D eigenvalue weighted by Gasteiger charge is 2.36. The lowest BCUT2D eigenvalue weighted by atomic mass is 9.83. The summed E-state index contributed by atoms with van der Waals surface area (Å²) in [7, 11) is 0. The molecule has 1 atom stereocenters. The molecule has 0 aromatic rings. The third-order valence-electron chi connectivity index (χ3n) is 5.12. The van der Waals surface area contributed by atoms with Gasteiger partial charge in [-0.25, -0.2) is 9.59 Å². The minimum atomic E-state index is -0.371. The highest BCUT2D eigenvalue weighted by Crippen LogP contribution is 2.30. The van der Waals surface area contributed by atoms with Gasteiger partial charge in [-0.15, -0.1) is 0 Å². The molecule has 0 fully saturated rings. The Labute approximate surface area is 177 Å². The number of unbranched alkanes of at least 4 members (excludes halogenated alkanes) is 1. The Hall–Kier alpha value is -1.98. The van der Waals surface area contributed by atoms with Crippen LogP contribution in [0.5, 0.6) is 0 Å². The molecular weight excluding hydrogens is 368 g/mol. The molecule has 6 heteroatoms. The predicted octanol–water partition coefficient (Wildman–Crippen LogP) is 5.64. The Balaban J connectivity index is 4.86. The van der Waals surface area contributed by atoms with E-state index in [9.17, 15) is 9.59 Å². The molecule has 0 aromatic carbocycles. The number of carbonyl (C=O) groups is 2. The number of hydrogen-bond donors (Lipinski definition) is 0. The van der Waals surface area contributed by atoms with Crippen molar-refractivity contribution in [2.45, 2.75) is 73.3 Å². The minimum absolute atomic E-state index is 0.253. The standard InChI is InChI=1S/C23H42N2O4/c1-10-28-21(26)24(16-18(3)4)15-13-12-14-20(7)23(8,9)25(17-19(5)6)22(27)29-11-2/h20H,3,5,10-17H2,1-2,4,6-9H3. The number of ether oxygens (including phenoxy) is 2. The fourth-order valence-electron chi connectivity index (χ4n) is 3.12. The van der Waals surface area contributed by atoms with Crippen molar-refractivity contribution in [1.29, 1.82) is 0 Å². The molecule has 0 aliphatic carbocycles. The van der Waals surface area contributed by atoms with Crippen LogP contribution < -0.4 is 0 Å². The average molecular weight is 411 g/mol. The first-order valence-electron chi connectivity index (χ1n) is 10.6. The second-order valence-electron chi connectivity index (χ2n) is 8.37. The zero-order valence-corrected chi connectivity index (χ0v) is 19.7. The van der Waals surface area contributed by atoms with Crippen molar-refractivity contribution in [3.63, 3.8) is 0 Å². The maximum Gasteiger partial charge on any atom is 0.410 e. The van der Waals surface area contributed by atoms with Crippen LogP contribution in [0.3, 0.4) is 0 Å². The highest BCUT2D eigenvalue weighted by atomic mass is 16.6. The number of carbonyl (C=O) groups excluding carboxylic acids is 2. The van der Waals surface area contributed by atoms with E-state index in [-0.39, 0.29) is 23.6 Å². The van der Waals surface area contributed by atoms with Gasteiger partial charge in [0.1, 0.15) is 0 Å². The summed E-state index contributed by atoms with van der Waals surface area (Å²) in [6, 6.07) is 0. The maximum absolute atomic E-state index is 12.5. The predicted molar refractivity (Wildman–Crippen MR) is 119 cm³/mol. The van der Waals surface area contributed by atoms with Crippen molar-refractivity contribution in [2.24, 2.45) is 5.92 Å². The van der Waals surface area contributed by atoms with E-state index in [2.05, 4.69) is 33.9 Å². The van der Waals surface area contributed by atoms with Crippen LogP contribution >= 0.6 is 0 Å². The van der Waals surface area contributed by atoms with Gasteiger partial charge in [0.25, 0.3) is 0 Å². The molecule has 0 rings (SSSR count). The maximum atomic E-state index is 12.5. The van der Waals surface area contributed by atoms with E-state index in [0.29, 0.717) is 32.8 Å². The summed E-state index contributed by atoms with van der Waals surface area (Å²) in [5.74, 6) is 0.253. The topological polar surface area (TPSA) is 59.1 Å². The quantitative estimate of drug-likeness (QED) is 0.291. The molecule has 0 N–H and O–H groups in total. The van der Waals surface area contributed by atoms with E-state index in [1.165, 1.54) is 0 Å². The first kappa shape index (κ1) is 27.0. The van der Waals surface area contributed by atoms with Crippen molar-refractivity contribution in [1.82, 2.24) is 9.80 Å². The Kier molecular flexibility index (Phi) is 12.4. The Morgan fingerprint density at radius 3 is 1.93 bits per heavy atom. The Morgan fingerprint density at radius 1 is 0.931 bits per heavy atom. The van der Waals surface area contributed by atoms with Crippen LogP contribution in [-0.4, -0.2) is 60.4 Å². The van der Waals surface area contributed by atoms with Crippen molar-refractivity contribution in [3.8, 4) is 0 Å². The number of amides is 2. The van der Waals surface area contributed by atoms with Gasteiger partial charge in [-0.3, -0.25) is 4.90 Å². The zero-order valence-electron chi connectivity index (χ0n) is 19.7. The lowest BCUT2D eigenvalue weighted by molar-refractivity contribution is 0.0448. The van der Waals surface area contributed by atoms with Crippen LogP contribution in [0.15, 0.2) is 24.3 Å². The lowest BCUT2D eigenvalue weighted by Crippen LogP contribution is -2.52. The van der Waals surface area contributed by atoms with Gasteiger partial charge in [-0.2, -0.15) is 0 Å². The van der Waals surface area contributed by atoms with Crippen LogP contribution in [-0.2, 0) is 9.47 Å². The monoisotopic (exact) mass is 410 g/mol. The van der Waals surface area contributed by atoms with Gasteiger partial charge in [0.15, 0.2) is 0 Å². The Morgan fingerprint density at radius 2 is 1.45 bits per heavy atom. The van der Waals surface area contributed by atoms with Crippen LogP contribution in [0, 0.1) is 5.92 Å². The second kappa shape index (κ2) is 13.3. The fourth-order valence-corrected chi connectivity index (χ4v) is 3.12. The first-order chi connectivity index (χ1) is 13.5. The van der Waals surface area contributed by atoms with Crippen LogP contribution in [0.25, 0.3) is 0 Å². The summed E-state index contributed by atoms with van der Waals surface area (Å²) in [6.07, 6.45) is 2.15. The molecule has 0 aliphatic rings. The van der Waals surface area contributed by atoms with Crippen molar-refractivity contribution in [2.75, 3.05) is 32.8 Å². The Bertz CT molecular complexity index is 557. The largest absolute Gasteiger partial charge is 0.450 e. The molecule has 168 valence electrons. The van der Waals surface area contributed by atoms with E-state index < -0.39 is 0 Å². The van der Waals surface area contributed by atoms with E-state index in [1.807, 2.05) is 20.8 Å². The third-order valence-corrected chi connectivity index (χ3v) is 5.12. The average Bonchev–Trinajstić information content (AvgIpc) is 2.61. The highest BCUT2D eigenvalue weighted by molar-refractivity contribution is 5.69. The van der Waals surface area contributed by atoms with Gasteiger partial charge < -0.3 is 14.4 Å². The summed E-state index contributed by atoms with van der Waals surface area (Å²) in [5.41, 5.74) is 1.48. The normalized spacial score (nSPS) is 12.1. The van der Waals surface area contributed by atoms with Gasteiger partial charge in [-0.05, 0) is 60.3 Å².